The number of sulfone groups is 1. The Morgan fingerprint density at radius 3 is 2.50 bits per heavy atom. The number of ether oxygens (including phenoxy) is 1. The Morgan fingerprint density at radius 2 is 2.00 bits per heavy atom. The largest absolute Gasteiger partial charge is 0.469 e. The first-order valence-corrected chi connectivity index (χ1v) is 6.59. The molecule has 0 bridgehead atoms. The van der Waals surface area contributed by atoms with Crippen molar-refractivity contribution in [1.29, 1.82) is 0 Å². The minimum Gasteiger partial charge on any atom is -0.469 e. The lowest BCUT2D eigenvalue weighted by atomic mass is 10.3. The van der Waals surface area contributed by atoms with Crippen LogP contribution in [0.5, 0.6) is 0 Å². The summed E-state index contributed by atoms with van der Waals surface area (Å²) in [6.45, 7) is 1.26. The molecule has 0 saturated heterocycles. The number of methoxy groups -OCH3 is 1. The third-order valence-corrected chi connectivity index (χ3v) is 4.58. The van der Waals surface area contributed by atoms with Gasteiger partial charge in [0.25, 0.3) is 0 Å². The molecule has 0 aromatic heterocycles. The van der Waals surface area contributed by atoms with Crippen LogP contribution in [0.25, 0.3) is 0 Å². The highest BCUT2D eigenvalue weighted by Crippen LogP contribution is 2.22. The van der Waals surface area contributed by atoms with E-state index in [-0.39, 0.29) is 0 Å². The van der Waals surface area contributed by atoms with Gasteiger partial charge in [-0.15, -0.1) is 0 Å². The molecule has 1 unspecified atom stereocenters. The van der Waals surface area contributed by atoms with E-state index in [4.69, 9.17) is 0 Å². The van der Waals surface area contributed by atoms with Crippen LogP contribution in [-0.2, 0) is 19.4 Å². The number of carbonyl (C=O) groups excluding carboxylic acids is 1. The van der Waals surface area contributed by atoms with E-state index in [2.05, 4.69) is 4.74 Å². The van der Waals surface area contributed by atoms with E-state index >= 15 is 0 Å². The Balaban J connectivity index is 3.09. The van der Waals surface area contributed by atoms with Crippen LogP contribution in [0.2, 0.25) is 0 Å². The van der Waals surface area contributed by atoms with Crippen molar-refractivity contribution < 1.29 is 26.7 Å². The predicted molar refractivity (Wildman–Crippen MR) is 59.6 cm³/mol. The molecule has 4 nitrogen and oxygen atoms in total. The second kappa shape index (κ2) is 5.43. The van der Waals surface area contributed by atoms with Gasteiger partial charge in [-0.3, -0.25) is 4.79 Å². The number of carbonyl (C=O) groups is 1. The fourth-order valence-corrected chi connectivity index (χ4v) is 2.73. The van der Waals surface area contributed by atoms with E-state index in [1.807, 2.05) is 0 Å². The van der Waals surface area contributed by atoms with Gasteiger partial charge >= 0.3 is 5.97 Å². The molecule has 0 radical (unpaired) electrons. The number of hydrogen-bond acceptors (Lipinski definition) is 4. The first-order valence-electron chi connectivity index (χ1n) is 5.04. The molecule has 0 aliphatic carbocycles. The Hall–Kier alpha value is -1.50. The molecular formula is C11H12F2O4S. The lowest BCUT2D eigenvalue weighted by molar-refractivity contribution is -0.140. The van der Waals surface area contributed by atoms with Crippen molar-refractivity contribution in [3.63, 3.8) is 0 Å². The summed E-state index contributed by atoms with van der Waals surface area (Å²) in [5.41, 5.74) is 0. The molecule has 1 aromatic rings. The summed E-state index contributed by atoms with van der Waals surface area (Å²) in [6, 6.07) is 2.17. The van der Waals surface area contributed by atoms with Crippen molar-refractivity contribution in [2.24, 2.45) is 0 Å². The third kappa shape index (κ3) is 3.04. The van der Waals surface area contributed by atoms with Crippen LogP contribution in [0, 0.1) is 11.6 Å². The molecule has 0 saturated carbocycles. The molecule has 0 aliphatic rings. The van der Waals surface area contributed by atoms with Crippen LogP contribution in [0.15, 0.2) is 23.1 Å². The zero-order valence-electron chi connectivity index (χ0n) is 9.81. The molecule has 18 heavy (non-hydrogen) atoms. The number of benzene rings is 1. The van der Waals surface area contributed by atoms with Gasteiger partial charge in [0.15, 0.2) is 9.84 Å². The molecule has 0 fully saturated rings. The number of rotatable bonds is 4. The Morgan fingerprint density at radius 1 is 1.39 bits per heavy atom. The highest BCUT2D eigenvalue weighted by molar-refractivity contribution is 7.92. The fraction of sp³-hybridized carbons (Fsp3) is 0.364. The van der Waals surface area contributed by atoms with Gasteiger partial charge in [0, 0.05) is 6.07 Å². The highest BCUT2D eigenvalue weighted by atomic mass is 32.2. The van der Waals surface area contributed by atoms with Crippen LogP contribution < -0.4 is 0 Å². The van der Waals surface area contributed by atoms with Crippen molar-refractivity contribution in [3.05, 3.63) is 29.8 Å². The summed E-state index contributed by atoms with van der Waals surface area (Å²) < 4.78 is 54.3. The van der Waals surface area contributed by atoms with E-state index in [1.54, 1.807) is 0 Å². The molecule has 1 aromatic carbocycles. The van der Waals surface area contributed by atoms with Gasteiger partial charge in [-0.05, 0) is 19.1 Å². The zero-order chi connectivity index (χ0) is 13.9. The first kappa shape index (κ1) is 14.6. The lowest BCUT2D eigenvalue weighted by Gasteiger charge is -2.12. The molecule has 100 valence electrons. The van der Waals surface area contributed by atoms with Gasteiger partial charge in [0.2, 0.25) is 0 Å². The van der Waals surface area contributed by atoms with Gasteiger partial charge < -0.3 is 4.74 Å². The molecule has 1 rings (SSSR count). The number of esters is 1. The maximum Gasteiger partial charge on any atom is 0.306 e. The molecule has 0 spiro atoms. The van der Waals surface area contributed by atoms with E-state index in [0.717, 1.165) is 19.2 Å². The van der Waals surface area contributed by atoms with Crippen molar-refractivity contribution in [2.75, 3.05) is 7.11 Å². The van der Waals surface area contributed by atoms with E-state index in [1.165, 1.54) is 6.92 Å². The maximum absolute atomic E-state index is 13.4. The molecule has 0 amide bonds. The summed E-state index contributed by atoms with van der Waals surface area (Å²) in [4.78, 5) is 10.4. The normalized spacial score (nSPS) is 13.1. The lowest BCUT2D eigenvalue weighted by Crippen LogP contribution is -2.23. The quantitative estimate of drug-likeness (QED) is 0.621. The predicted octanol–water partition coefficient (Wildman–Crippen LogP) is 1.69. The highest BCUT2D eigenvalue weighted by Gasteiger charge is 2.28. The molecule has 7 heteroatoms. The van der Waals surface area contributed by atoms with Gasteiger partial charge in [0.1, 0.15) is 16.5 Å². The topological polar surface area (TPSA) is 60.4 Å². The van der Waals surface area contributed by atoms with Crippen molar-refractivity contribution in [2.45, 2.75) is 23.5 Å². The molecule has 0 N–H and O–H groups in total. The summed E-state index contributed by atoms with van der Waals surface area (Å²) in [6.07, 6.45) is -0.393. The summed E-state index contributed by atoms with van der Waals surface area (Å²) in [5, 5.41) is -1.15. The smallest absolute Gasteiger partial charge is 0.306 e. The monoisotopic (exact) mass is 278 g/mol. The Labute approximate surface area is 103 Å². The minimum atomic E-state index is -4.03. The molecule has 0 aliphatic heterocycles. The molecule has 0 heterocycles. The first-order chi connectivity index (χ1) is 8.28. The second-order valence-corrected chi connectivity index (χ2v) is 6.05. The van der Waals surface area contributed by atoms with Crippen molar-refractivity contribution >= 4 is 15.8 Å². The average Bonchev–Trinajstić information content (AvgIpc) is 2.28. The van der Waals surface area contributed by atoms with Gasteiger partial charge in [0.05, 0.1) is 18.8 Å². The maximum atomic E-state index is 13.4. The van der Waals surface area contributed by atoms with Crippen LogP contribution in [0.1, 0.15) is 13.3 Å². The Kier molecular flexibility index (Phi) is 4.39. The van der Waals surface area contributed by atoms with Crippen molar-refractivity contribution in [1.82, 2.24) is 0 Å². The van der Waals surface area contributed by atoms with E-state index < -0.39 is 44.0 Å². The van der Waals surface area contributed by atoms with E-state index in [9.17, 15) is 22.0 Å². The summed E-state index contributed by atoms with van der Waals surface area (Å²) in [5.74, 6) is -2.76. The second-order valence-electron chi connectivity index (χ2n) is 3.71. The van der Waals surface area contributed by atoms with Crippen LogP contribution in [0.4, 0.5) is 8.78 Å². The summed E-state index contributed by atoms with van der Waals surface area (Å²) in [7, 11) is -2.91. The fourth-order valence-electron chi connectivity index (χ4n) is 1.35. The number of hydrogen-bond donors (Lipinski definition) is 0. The number of halogens is 2. The van der Waals surface area contributed by atoms with Gasteiger partial charge in [-0.1, -0.05) is 0 Å². The average molecular weight is 278 g/mol. The van der Waals surface area contributed by atoms with Gasteiger partial charge in [-0.2, -0.15) is 0 Å². The SMILES string of the molecule is COC(=O)CC(C)S(=O)(=O)c1ccc(F)cc1F. The van der Waals surface area contributed by atoms with Crippen LogP contribution in [-0.4, -0.2) is 26.7 Å². The zero-order valence-corrected chi connectivity index (χ0v) is 10.6. The minimum absolute atomic E-state index is 0.393. The molecule has 1 atom stereocenters. The van der Waals surface area contributed by atoms with Crippen molar-refractivity contribution in [3.8, 4) is 0 Å². The van der Waals surface area contributed by atoms with Crippen LogP contribution >= 0.6 is 0 Å². The summed E-state index contributed by atoms with van der Waals surface area (Å²) >= 11 is 0. The molecular weight excluding hydrogens is 266 g/mol. The van der Waals surface area contributed by atoms with Crippen LogP contribution in [0.3, 0.4) is 0 Å². The standard InChI is InChI=1S/C11H12F2O4S/c1-7(5-11(14)17-2)18(15,16)10-4-3-8(12)6-9(10)13/h3-4,6-7H,5H2,1-2H3. The van der Waals surface area contributed by atoms with Gasteiger partial charge in [-0.25, -0.2) is 17.2 Å². The Bertz CT molecular complexity index is 554. The van der Waals surface area contributed by atoms with E-state index in [0.29, 0.717) is 6.07 Å². The third-order valence-electron chi connectivity index (χ3n) is 2.41.